The Bertz CT molecular complexity index is 145. The highest BCUT2D eigenvalue weighted by Crippen LogP contribution is 2.25. The van der Waals surface area contributed by atoms with Crippen LogP contribution in [0, 0.1) is 5.92 Å². The van der Waals surface area contributed by atoms with E-state index in [4.69, 9.17) is 5.73 Å². The van der Waals surface area contributed by atoms with Crippen LogP contribution in [0.5, 0.6) is 0 Å². The molecule has 2 fully saturated rings. The van der Waals surface area contributed by atoms with E-state index in [9.17, 15) is 0 Å². The molecule has 2 aliphatic heterocycles. The minimum atomic E-state index is 0.457. The normalized spacial score (nSPS) is 37.8. The van der Waals surface area contributed by atoms with Gasteiger partial charge in [-0.2, -0.15) is 11.8 Å². The van der Waals surface area contributed by atoms with Crippen molar-refractivity contribution in [3.05, 3.63) is 0 Å². The fraction of sp³-hybridized carbons (Fsp3) is 1.00. The highest BCUT2D eigenvalue weighted by atomic mass is 32.2. The van der Waals surface area contributed by atoms with E-state index in [1.165, 1.54) is 37.4 Å². The lowest BCUT2D eigenvalue weighted by molar-refractivity contribution is 0.288. The predicted molar refractivity (Wildman–Crippen MR) is 54.5 cm³/mol. The van der Waals surface area contributed by atoms with Gasteiger partial charge >= 0.3 is 0 Å². The summed E-state index contributed by atoms with van der Waals surface area (Å²) in [7, 11) is 0. The van der Waals surface area contributed by atoms with Gasteiger partial charge in [-0.15, -0.1) is 0 Å². The Morgan fingerprint density at radius 3 is 2.92 bits per heavy atom. The number of nitrogens with two attached hydrogens (primary N) is 1. The maximum atomic E-state index is 5.85. The average Bonchev–Trinajstić information content (AvgIpc) is 2.63. The number of likely N-dealkylation sites (tertiary alicyclic amines) is 1. The summed E-state index contributed by atoms with van der Waals surface area (Å²) in [6.45, 7) is 3.68. The molecule has 2 N–H and O–H groups in total. The highest BCUT2D eigenvalue weighted by molar-refractivity contribution is 7.99. The van der Waals surface area contributed by atoms with Gasteiger partial charge in [0.15, 0.2) is 0 Å². The van der Waals surface area contributed by atoms with Crippen LogP contribution in [-0.2, 0) is 0 Å². The molecule has 2 nitrogen and oxygen atoms in total. The fourth-order valence-corrected chi connectivity index (χ4v) is 3.39. The number of rotatable bonds is 2. The van der Waals surface area contributed by atoms with E-state index >= 15 is 0 Å². The van der Waals surface area contributed by atoms with Crippen LogP contribution in [0.25, 0.3) is 0 Å². The molecule has 0 aliphatic carbocycles. The standard InChI is InChI=1S/C9H18N2S/c10-9-1-3-11(6-9)5-8-2-4-12-7-8/h8-9H,1-7,10H2/t8?,9-/m1/s1. The molecule has 0 radical (unpaired) electrons. The quantitative estimate of drug-likeness (QED) is 0.691. The predicted octanol–water partition coefficient (Wildman–Crippen LogP) is 0.772. The largest absolute Gasteiger partial charge is 0.326 e. The molecule has 0 aromatic heterocycles. The van der Waals surface area contributed by atoms with Crippen LogP contribution in [0.2, 0.25) is 0 Å². The third-order valence-electron chi connectivity index (χ3n) is 2.85. The molecule has 70 valence electrons. The van der Waals surface area contributed by atoms with Crippen LogP contribution in [0.1, 0.15) is 12.8 Å². The second kappa shape index (κ2) is 3.99. The van der Waals surface area contributed by atoms with Crippen molar-refractivity contribution in [2.45, 2.75) is 18.9 Å². The highest BCUT2D eigenvalue weighted by Gasteiger charge is 2.23. The number of nitrogens with zero attached hydrogens (tertiary/aromatic N) is 1. The summed E-state index contributed by atoms with van der Waals surface area (Å²) in [5.41, 5.74) is 5.85. The van der Waals surface area contributed by atoms with Gasteiger partial charge < -0.3 is 10.6 Å². The maximum Gasteiger partial charge on any atom is 0.0180 e. The Morgan fingerprint density at radius 1 is 1.42 bits per heavy atom. The molecule has 0 aromatic rings. The van der Waals surface area contributed by atoms with E-state index in [2.05, 4.69) is 16.7 Å². The first-order valence-electron chi connectivity index (χ1n) is 4.90. The molecule has 2 rings (SSSR count). The van der Waals surface area contributed by atoms with E-state index in [-0.39, 0.29) is 0 Å². The Kier molecular flexibility index (Phi) is 2.94. The van der Waals surface area contributed by atoms with Crippen molar-refractivity contribution in [3.63, 3.8) is 0 Å². The van der Waals surface area contributed by atoms with Gasteiger partial charge in [0, 0.05) is 19.1 Å². The minimum absolute atomic E-state index is 0.457. The summed E-state index contributed by atoms with van der Waals surface area (Å²) in [5.74, 6) is 3.72. The van der Waals surface area contributed by atoms with Crippen LogP contribution in [0.3, 0.4) is 0 Å². The van der Waals surface area contributed by atoms with Crippen LogP contribution >= 0.6 is 11.8 Å². The van der Waals surface area contributed by atoms with Gasteiger partial charge in [-0.3, -0.25) is 0 Å². The molecule has 12 heavy (non-hydrogen) atoms. The number of thioether (sulfide) groups is 1. The maximum absolute atomic E-state index is 5.85. The van der Waals surface area contributed by atoms with E-state index in [0.29, 0.717) is 6.04 Å². The first-order valence-corrected chi connectivity index (χ1v) is 6.06. The average molecular weight is 186 g/mol. The first kappa shape index (κ1) is 8.85. The molecular formula is C9H18N2S. The molecule has 0 saturated carbocycles. The van der Waals surface area contributed by atoms with Crippen LogP contribution < -0.4 is 5.73 Å². The zero-order valence-electron chi connectivity index (χ0n) is 7.54. The molecule has 2 heterocycles. The summed E-state index contributed by atoms with van der Waals surface area (Å²) >= 11 is 2.11. The van der Waals surface area contributed by atoms with Gasteiger partial charge in [-0.25, -0.2) is 0 Å². The summed E-state index contributed by atoms with van der Waals surface area (Å²) in [6, 6.07) is 0.457. The van der Waals surface area contributed by atoms with Gasteiger partial charge in [0.2, 0.25) is 0 Å². The van der Waals surface area contributed by atoms with Gasteiger partial charge in [-0.05, 0) is 36.8 Å². The Morgan fingerprint density at radius 2 is 2.33 bits per heavy atom. The van der Waals surface area contributed by atoms with Crippen LogP contribution in [-0.4, -0.2) is 42.1 Å². The Balaban J connectivity index is 1.72. The third kappa shape index (κ3) is 2.15. The summed E-state index contributed by atoms with van der Waals surface area (Å²) in [5, 5.41) is 0. The Labute approximate surface area is 78.9 Å². The van der Waals surface area contributed by atoms with Gasteiger partial charge in [0.1, 0.15) is 0 Å². The van der Waals surface area contributed by atoms with Crippen LogP contribution in [0.4, 0.5) is 0 Å². The van der Waals surface area contributed by atoms with E-state index in [1.54, 1.807) is 0 Å². The van der Waals surface area contributed by atoms with Crippen LogP contribution in [0.15, 0.2) is 0 Å². The van der Waals surface area contributed by atoms with E-state index in [0.717, 1.165) is 12.5 Å². The zero-order valence-corrected chi connectivity index (χ0v) is 8.35. The molecule has 0 spiro atoms. The minimum Gasteiger partial charge on any atom is -0.326 e. The second-order valence-electron chi connectivity index (χ2n) is 4.04. The zero-order chi connectivity index (χ0) is 8.39. The lowest BCUT2D eigenvalue weighted by atomic mass is 10.1. The monoisotopic (exact) mass is 186 g/mol. The summed E-state index contributed by atoms with van der Waals surface area (Å²) in [4.78, 5) is 2.54. The van der Waals surface area contributed by atoms with Gasteiger partial charge in [0.25, 0.3) is 0 Å². The SMILES string of the molecule is N[C@@H]1CCN(CC2CCSC2)C1. The summed E-state index contributed by atoms with van der Waals surface area (Å²) < 4.78 is 0. The smallest absolute Gasteiger partial charge is 0.0180 e. The topological polar surface area (TPSA) is 29.3 Å². The van der Waals surface area contributed by atoms with Crippen molar-refractivity contribution < 1.29 is 0 Å². The van der Waals surface area contributed by atoms with Crippen molar-refractivity contribution in [3.8, 4) is 0 Å². The second-order valence-corrected chi connectivity index (χ2v) is 5.19. The molecule has 0 amide bonds. The van der Waals surface area contributed by atoms with Crippen molar-refractivity contribution >= 4 is 11.8 Å². The molecule has 0 aromatic carbocycles. The lowest BCUT2D eigenvalue weighted by Gasteiger charge is -2.18. The molecular weight excluding hydrogens is 168 g/mol. The molecule has 3 heteroatoms. The number of hydrogen-bond donors (Lipinski definition) is 1. The van der Waals surface area contributed by atoms with Crippen molar-refractivity contribution in [1.82, 2.24) is 4.90 Å². The Hall–Kier alpha value is 0.270. The summed E-state index contributed by atoms with van der Waals surface area (Å²) in [6.07, 6.45) is 2.64. The molecule has 2 saturated heterocycles. The molecule has 0 bridgehead atoms. The molecule has 2 aliphatic rings. The van der Waals surface area contributed by atoms with Gasteiger partial charge in [-0.1, -0.05) is 0 Å². The first-order chi connectivity index (χ1) is 5.84. The molecule has 2 atom stereocenters. The van der Waals surface area contributed by atoms with Crippen molar-refractivity contribution in [1.29, 1.82) is 0 Å². The molecule has 1 unspecified atom stereocenters. The fourth-order valence-electron chi connectivity index (χ4n) is 2.12. The van der Waals surface area contributed by atoms with Gasteiger partial charge in [0.05, 0.1) is 0 Å². The van der Waals surface area contributed by atoms with E-state index < -0.39 is 0 Å². The van der Waals surface area contributed by atoms with Crippen molar-refractivity contribution in [2.75, 3.05) is 31.1 Å². The van der Waals surface area contributed by atoms with E-state index in [1.807, 2.05) is 0 Å². The third-order valence-corrected chi connectivity index (χ3v) is 4.08. The number of hydrogen-bond acceptors (Lipinski definition) is 3. The van der Waals surface area contributed by atoms with Crippen molar-refractivity contribution in [2.24, 2.45) is 11.7 Å². The lowest BCUT2D eigenvalue weighted by Crippen LogP contribution is -2.30.